The summed E-state index contributed by atoms with van der Waals surface area (Å²) in [7, 11) is 0. The molecule has 31 heavy (non-hydrogen) atoms. The van der Waals surface area contributed by atoms with Crippen LogP contribution < -0.4 is 4.74 Å². The average molecular weight is 459 g/mol. The Kier molecular flexibility index (Phi) is 8.68. The smallest absolute Gasteiger partial charge is 0.329 e. The molecule has 3 rings (SSSR count). The highest BCUT2D eigenvalue weighted by molar-refractivity contribution is 6.30. The number of fused-ring (bicyclic) bond motifs is 1. The molecule has 2 aliphatic rings. The summed E-state index contributed by atoms with van der Waals surface area (Å²) >= 11 is 5.72. The van der Waals surface area contributed by atoms with Crippen molar-refractivity contribution in [2.45, 2.75) is 37.6 Å². The lowest BCUT2D eigenvalue weighted by Gasteiger charge is -2.21. The number of aliphatic hydroxyl groups is 2. The molecule has 1 heterocycles. The number of hydrogen-bond donors (Lipinski definition) is 3. The van der Waals surface area contributed by atoms with Crippen LogP contribution in [-0.2, 0) is 14.3 Å². The summed E-state index contributed by atoms with van der Waals surface area (Å²) in [5, 5.41) is 29.3. The van der Waals surface area contributed by atoms with Crippen LogP contribution in [-0.4, -0.2) is 66.0 Å². The van der Waals surface area contributed by atoms with Gasteiger partial charge in [-0.25, -0.2) is 9.18 Å². The van der Waals surface area contributed by atoms with Crippen LogP contribution in [0.1, 0.15) is 19.3 Å². The van der Waals surface area contributed by atoms with Crippen molar-refractivity contribution in [3.8, 4) is 5.75 Å². The first-order valence-electron chi connectivity index (χ1n) is 10.4. The van der Waals surface area contributed by atoms with E-state index in [-0.39, 0.29) is 42.1 Å². The zero-order chi connectivity index (χ0) is 22.4. The van der Waals surface area contributed by atoms with E-state index in [2.05, 4.69) is 0 Å². The molecule has 9 heteroatoms. The van der Waals surface area contributed by atoms with Crippen LogP contribution in [0.15, 0.2) is 30.4 Å². The van der Waals surface area contributed by atoms with Gasteiger partial charge in [0.2, 0.25) is 0 Å². The Morgan fingerprint density at radius 2 is 2.19 bits per heavy atom. The largest absolute Gasteiger partial charge is 0.490 e. The predicted octanol–water partition coefficient (Wildman–Crippen LogP) is 2.67. The number of carbonyl (C=O) groups is 1. The zero-order valence-corrected chi connectivity index (χ0v) is 17.8. The van der Waals surface area contributed by atoms with Crippen LogP contribution in [0.2, 0.25) is 5.02 Å². The minimum absolute atomic E-state index is 0.0329. The van der Waals surface area contributed by atoms with Gasteiger partial charge in [-0.05, 0) is 30.9 Å². The van der Waals surface area contributed by atoms with E-state index in [4.69, 9.17) is 30.9 Å². The third kappa shape index (κ3) is 6.89. The molecule has 1 saturated carbocycles. The lowest BCUT2D eigenvalue weighted by Crippen LogP contribution is -2.22. The number of benzene rings is 1. The van der Waals surface area contributed by atoms with Crippen LogP contribution in [0, 0.1) is 23.6 Å². The van der Waals surface area contributed by atoms with Gasteiger partial charge in [-0.2, -0.15) is 0 Å². The van der Waals surface area contributed by atoms with Crippen LogP contribution in [0.4, 0.5) is 4.39 Å². The Morgan fingerprint density at radius 3 is 2.94 bits per heavy atom. The summed E-state index contributed by atoms with van der Waals surface area (Å²) in [6.07, 6.45) is 4.01. The molecule has 2 fully saturated rings. The number of rotatable bonds is 9. The van der Waals surface area contributed by atoms with E-state index in [1.165, 1.54) is 18.2 Å². The van der Waals surface area contributed by atoms with E-state index in [0.29, 0.717) is 25.4 Å². The van der Waals surface area contributed by atoms with Crippen LogP contribution >= 0.6 is 11.6 Å². The van der Waals surface area contributed by atoms with Crippen molar-refractivity contribution < 1.29 is 38.7 Å². The van der Waals surface area contributed by atoms with Crippen LogP contribution in [0.5, 0.6) is 5.75 Å². The molecule has 0 amide bonds. The molecule has 172 valence electrons. The van der Waals surface area contributed by atoms with Gasteiger partial charge in [0, 0.05) is 24.3 Å². The van der Waals surface area contributed by atoms with Crippen molar-refractivity contribution in [1.82, 2.24) is 0 Å². The molecule has 6 atom stereocenters. The maximum Gasteiger partial charge on any atom is 0.329 e. The average Bonchev–Trinajstić information content (AvgIpc) is 2.89. The SMILES string of the molecule is O=C(O)COC[C@H]1CC[C@@H]2[C@@H](/C=C/[C@@H](O)COc3ccc(F)c(Cl)c3)[C@H](O)C[C@@H]2OC1. The summed E-state index contributed by atoms with van der Waals surface area (Å²) in [4.78, 5) is 10.6. The fraction of sp³-hybridized carbons (Fsp3) is 0.591. The summed E-state index contributed by atoms with van der Waals surface area (Å²) in [6.45, 7) is 0.450. The number of carboxylic acids is 1. The standard InChI is InChI=1S/C22H28ClFO7/c23-18-7-15(3-6-19(18)24)30-11-14(25)2-5-16-17-4-1-13(9-29-12-22(27)28)10-31-21(17)8-20(16)26/h2-3,5-7,13-14,16-17,20-21,25-26H,1,4,8-12H2,(H,27,28)/b5-2+/t13-,14-,16-,17-,20-,21+/m1/s1. The molecule has 1 aromatic rings. The Balaban J connectivity index is 1.50. The molecule has 1 aromatic carbocycles. The number of aliphatic carboxylic acids is 1. The fourth-order valence-electron chi connectivity index (χ4n) is 4.22. The zero-order valence-electron chi connectivity index (χ0n) is 17.0. The molecule has 1 aliphatic carbocycles. The summed E-state index contributed by atoms with van der Waals surface area (Å²) in [5.41, 5.74) is 0. The predicted molar refractivity (Wildman–Crippen MR) is 111 cm³/mol. The number of aliphatic hydroxyl groups excluding tert-OH is 2. The van der Waals surface area contributed by atoms with Gasteiger partial charge < -0.3 is 29.5 Å². The second kappa shape index (κ2) is 11.2. The third-order valence-corrected chi connectivity index (χ3v) is 6.08. The van der Waals surface area contributed by atoms with Crippen LogP contribution in [0.25, 0.3) is 0 Å². The molecular formula is C22H28ClFO7. The van der Waals surface area contributed by atoms with E-state index >= 15 is 0 Å². The van der Waals surface area contributed by atoms with Gasteiger partial charge in [0.1, 0.15) is 30.9 Å². The summed E-state index contributed by atoms with van der Waals surface area (Å²) in [6, 6.07) is 3.97. The lowest BCUT2D eigenvalue weighted by atomic mass is 9.87. The highest BCUT2D eigenvalue weighted by Crippen LogP contribution is 2.41. The van der Waals surface area contributed by atoms with Crippen molar-refractivity contribution in [1.29, 1.82) is 0 Å². The molecule has 0 aromatic heterocycles. The first kappa shape index (κ1) is 23.9. The second-order valence-corrected chi connectivity index (χ2v) is 8.51. The fourth-order valence-corrected chi connectivity index (χ4v) is 4.39. The van der Waals surface area contributed by atoms with Crippen LogP contribution in [0.3, 0.4) is 0 Å². The van der Waals surface area contributed by atoms with E-state index in [1.54, 1.807) is 6.08 Å². The Morgan fingerprint density at radius 1 is 1.39 bits per heavy atom. The van der Waals surface area contributed by atoms with E-state index < -0.39 is 24.0 Å². The van der Waals surface area contributed by atoms with Crippen molar-refractivity contribution in [3.05, 3.63) is 41.2 Å². The Hall–Kier alpha value is -1.71. The van der Waals surface area contributed by atoms with Crippen molar-refractivity contribution in [2.24, 2.45) is 17.8 Å². The van der Waals surface area contributed by atoms with Gasteiger partial charge in [-0.3, -0.25) is 0 Å². The normalized spacial score (nSPS) is 29.5. The van der Waals surface area contributed by atoms with E-state index in [0.717, 1.165) is 12.8 Å². The van der Waals surface area contributed by atoms with Gasteiger partial charge in [-0.1, -0.05) is 23.8 Å². The van der Waals surface area contributed by atoms with E-state index in [9.17, 15) is 19.4 Å². The molecule has 0 bridgehead atoms. The van der Waals surface area contributed by atoms with Crippen molar-refractivity contribution in [3.63, 3.8) is 0 Å². The van der Waals surface area contributed by atoms with E-state index in [1.807, 2.05) is 6.08 Å². The minimum Gasteiger partial charge on any atom is -0.490 e. The maximum atomic E-state index is 13.2. The van der Waals surface area contributed by atoms with Crippen molar-refractivity contribution >= 4 is 17.6 Å². The third-order valence-electron chi connectivity index (χ3n) is 5.79. The van der Waals surface area contributed by atoms with Gasteiger partial charge in [0.25, 0.3) is 0 Å². The molecule has 0 unspecified atom stereocenters. The highest BCUT2D eigenvalue weighted by Gasteiger charge is 2.43. The number of carboxylic acid groups (broad SMARTS) is 1. The highest BCUT2D eigenvalue weighted by atomic mass is 35.5. The first-order chi connectivity index (χ1) is 14.8. The monoisotopic (exact) mass is 458 g/mol. The Bertz CT molecular complexity index is 774. The molecule has 1 saturated heterocycles. The van der Waals surface area contributed by atoms with Gasteiger partial charge in [0.05, 0.1) is 30.4 Å². The number of hydrogen-bond acceptors (Lipinski definition) is 6. The molecule has 0 spiro atoms. The topological polar surface area (TPSA) is 105 Å². The summed E-state index contributed by atoms with van der Waals surface area (Å²) < 4.78 is 29.8. The van der Waals surface area contributed by atoms with Gasteiger partial charge in [-0.15, -0.1) is 0 Å². The lowest BCUT2D eigenvalue weighted by molar-refractivity contribution is -0.143. The van der Waals surface area contributed by atoms with Crippen molar-refractivity contribution in [2.75, 3.05) is 26.4 Å². The maximum absolute atomic E-state index is 13.2. The molecular weight excluding hydrogens is 431 g/mol. The number of ether oxygens (including phenoxy) is 3. The second-order valence-electron chi connectivity index (χ2n) is 8.11. The number of halogens is 2. The summed E-state index contributed by atoms with van der Waals surface area (Å²) in [5.74, 6) is -1.11. The molecule has 7 nitrogen and oxygen atoms in total. The molecule has 3 N–H and O–H groups in total. The first-order valence-corrected chi connectivity index (χ1v) is 10.7. The van der Waals surface area contributed by atoms with Gasteiger partial charge in [0.15, 0.2) is 0 Å². The quantitative estimate of drug-likeness (QED) is 0.488. The molecule has 0 radical (unpaired) electrons. The molecule has 1 aliphatic heterocycles. The Labute approximate surface area is 185 Å². The van der Waals surface area contributed by atoms with Gasteiger partial charge >= 0.3 is 5.97 Å². The minimum atomic E-state index is -0.996.